The highest BCUT2D eigenvalue weighted by Crippen LogP contribution is 2.26. The molecule has 184 valence electrons. The summed E-state index contributed by atoms with van der Waals surface area (Å²) in [6.45, 7) is 9.51. The average Bonchev–Trinajstić information content (AvgIpc) is 2.85. The predicted octanol–water partition coefficient (Wildman–Crippen LogP) is 6.58. The minimum atomic E-state index is 0.249. The van der Waals surface area contributed by atoms with Crippen LogP contribution in [0.25, 0.3) is 10.8 Å². The van der Waals surface area contributed by atoms with Gasteiger partial charge in [-0.05, 0) is 104 Å². The molecule has 1 atom stereocenters. The van der Waals surface area contributed by atoms with Crippen LogP contribution in [0.3, 0.4) is 0 Å². The lowest BCUT2D eigenvalue weighted by Gasteiger charge is -2.35. The van der Waals surface area contributed by atoms with Gasteiger partial charge in [-0.3, -0.25) is 4.79 Å². The molecule has 2 aliphatic rings. The summed E-state index contributed by atoms with van der Waals surface area (Å²) in [7, 11) is 0. The van der Waals surface area contributed by atoms with Crippen LogP contribution in [0.5, 0.6) is 0 Å². The van der Waals surface area contributed by atoms with Crippen LogP contribution in [0.15, 0.2) is 54.6 Å². The normalized spacial score (nSPS) is 19.4. The molecule has 3 nitrogen and oxygen atoms in total. The third-order valence-corrected chi connectivity index (χ3v) is 8.27. The summed E-state index contributed by atoms with van der Waals surface area (Å²) >= 11 is 0. The van der Waals surface area contributed by atoms with Gasteiger partial charge in [-0.2, -0.15) is 0 Å². The molecule has 0 spiro atoms. The van der Waals surface area contributed by atoms with E-state index in [-0.39, 0.29) is 5.91 Å². The number of carbonyl (C=O) groups excluding carboxylic acids is 1. The van der Waals surface area contributed by atoms with Crippen LogP contribution >= 0.6 is 0 Å². The quantitative estimate of drug-likeness (QED) is 0.408. The monoisotopic (exact) mass is 468 g/mol. The number of rotatable bonds is 6. The van der Waals surface area contributed by atoms with Crippen molar-refractivity contribution in [2.75, 3.05) is 32.7 Å². The maximum Gasteiger partial charge on any atom is 0.254 e. The molecule has 3 aromatic rings. The summed E-state index contributed by atoms with van der Waals surface area (Å²) < 4.78 is 0. The van der Waals surface area contributed by atoms with E-state index in [9.17, 15) is 4.79 Å². The molecular formula is C32H40N2O. The van der Waals surface area contributed by atoms with Crippen molar-refractivity contribution in [2.24, 2.45) is 5.92 Å². The minimum Gasteiger partial charge on any atom is -0.338 e. The van der Waals surface area contributed by atoms with E-state index >= 15 is 0 Å². The van der Waals surface area contributed by atoms with Crippen LogP contribution in [0.1, 0.15) is 64.7 Å². The molecule has 3 aromatic carbocycles. The zero-order valence-electron chi connectivity index (χ0n) is 21.6. The number of aryl methyl sites for hydroxylation is 3. The molecule has 35 heavy (non-hydrogen) atoms. The van der Waals surface area contributed by atoms with Crippen LogP contribution in [0.2, 0.25) is 0 Å². The van der Waals surface area contributed by atoms with Gasteiger partial charge < -0.3 is 9.80 Å². The lowest BCUT2D eigenvalue weighted by Crippen LogP contribution is -2.44. The summed E-state index contributed by atoms with van der Waals surface area (Å²) in [6, 6.07) is 19.8. The van der Waals surface area contributed by atoms with Gasteiger partial charge in [-0.15, -0.1) is 0 Å². The van der Waals surface area contributed by atoms with E-state index in [2.05, 4.69) is 78.2 Å². The number of hydrogen-bond donors (Lipinski definition) is 0. The van der Waals surface area contributed by atoms with E-state index in [1.165, 1.54) is 71.7 Å². The Bertz CT molecular complexity index is 1180. The molecular weight excluding hydrogens is 428 g/mol. The largest absolute Gasteiger partial charge is 0.338 e. The smallest absolute Gasteiger partial charge is 0.254 e. The highest BCUT2D eigenvalue weighted by atomic mass is 16.2. The highest BCUT2D eigenvalue weighted by Gasteiger charge is 2.28. The molecule has 0 radical (unpaired) electrons. The molecule has 1 unspecified atom stereocenters. The Morgan fingerprint density at radius 3 is 2.66 bits per heavy atom. The molecule has 0 bridgehead atoms. The van der Waals surface area contributed by atoms with Gasteiger partial charge in [0.1, 0.15) is 0 Å². The summed E-state index contributed by atoms with van der Waals surface area (Å²) in [5.41, 5.74) is 6.17. The van der Waals surface area contributed by atoms with Crippen LogP contribution in [-0.2, 0) is 12.8 Å². The van der Waals surface area contributed by atoms with E-state index in [1.54, 1.807) is 0 Å². The Morgan fingerprint density at radius 1 is 0.914 bits per heavy atom. The number of fused-ring (bicyclic) bond motifs is 2. The predicted molar refractivity (Wildman–Crippen MR) is 146 cm³/mol. The fraction of sp³-hybridized carbons (Fsp3) is 0.469. The molecule has 1 fully saturated rings. The van der Waals surface area contributed by atoms with Crippen molar-refractivity contribution < 1.29 is 4.79 Å². The van der Waals surface area contributed by atoms with Crippen molar-refractivity contribution >= 4 is 16.7 Å². The molecule has 2 aliphatic heterocycles. The fourth-order valence-electron chi connectivity index (χ4n) is 6.14. The topological polar surface area (TPSA) is 23.6 Å². The van der Waals surface area contributed by atoms with Crippen LogP contribution in [0.4, 0.5) is 0 Å². The van der Waals surface area contributed by atoms with E-state index < -0.39 is 0 Å². The third kappa shape index (κ3) is 5.62. The molecule has 1 saturated heterocycles. The molecule has 0 N–H and O–H groups in total. The number of benzene rings is 3. The second-order valence-corrected chi connectivity index (χ2v) is 10.9. The van der Waals surface area contributed by atoms with Gasteiger partial charge in [0.2, 0.25) is 0 Å². The van der Waals surface area contributed by atoms with Crippen molar-refractivity contribution in [3.8, 4) is 0 Å². The SMILES string of the molecule is Cc1cc2c(cc1C)C(=O)N(CC1CCCCCN(CCCc3cccc4ccccc34)C1)CC2. The van der Waals surface area contributed by atoms with Crippen LogP contribution in [-0.4, -0.2) is 48.4 Å². The maximum absolute atomic E-state index is 13.3. The zero-order chi connectivity index (χ0) is 24.2. The van der Waals surface area contributed by atoms with Crippen LogP contribution in [0, 0.1) is 19.8 Å². The second kappa shape index (κ2) is 11.0. The first-order valence-corrected chi connectivity index (χ1v) is 13.7. The van der Waals surface area contributed by atoms with E-state index in [0.717, 1.165) is 44.6 Å². The first-order chi connectivity index (χ1) is 17.1. The highest BCUT2D eigenvalue weighted by molar-refractivity contribution is 5.97. The summed E-state index contributed by atoms with van der Waals surface area (Å²) in [5.74, 6) is 0.823. The Balaban J connectivity index is 1.20. The van der Waals surface area contributed by atoms with Crippen molar-refractivity contribution in [1.82, 2.24) is 9.80 Å². The first-order valence-electron chi connectivity index (χ1n) is 13.7. The van der Waals surface area contributed by atoms with Crippen molar-refractivity contribution in [1.29, 1.82) is 0 Å². The van der Waals surface area contributed by atoms with E-state index in [0.29, 0.717) is 5.92 Å². The van der Waals surface area contributed by atoms with Gasteiger partial charge in [0.15, 0.2) is 0 Å². The van der Waals surface area contributed by atoms with Gasteiger partial charge in [0.25, 0.3) is 5.91 Å². The Labute approximate surface area is 211 Å². The summed E-state index contributed by atoms with van der Waals surface area (Å²) in [5, 5.41) is 2.74. The van der Waals surface area contributed by atoms with Crippen molar-refractivity contribution in [2.45, 2.75) is 58.8 Å². The van der Waals surface area contributed by atoms with Gasteiger partial charge in [-0.25, -0.2) is 0 Å². The van der Waals surface area contributed by atoms with E-state index in [4.69, 9.17) is 0 Å². The second-order valence-electron chi connectivity index (χ2n) is 10.9. The third-order valence-electron chi connectivity index (χ3n) is 8.27. The zero-order valence-corrected chi connectivity index (χ0v) is 21.6. The fourth-order valence-corrected chi connectivity index (χ4v) is 6.14. The van der Waals surface area contributed by atoms with Gasteiger partial charge >= 0.3 is 0 Å². The van der Waals surface area contributed by atoms with Gasteiger partial charge in [-0.1, -0.05) is 61.4 Å². The number of carbonyl (C=O) groups is 1. The Hall–Kier alpha value is -2.65. The minimum absolute atomic E-state index is 0.249. The summed E-state index contributed by atoms with van der Waals surface area (Å²) in [6.07, 6.45) is 8.46. The standard InChI is InChI=1S/C32H40N2O/c1-24-20-29-16-19-34(32(35)31(29)21-25(24)2)23-26-10-4-3-7-17-33(22-26)18-9-14-28-13-8-12-27-11-5-6-15-30(27)28/h5-6,8,11-13,15,20-21,26H,3-4,7,9-10,14,16-19,22-23H2,1-2H3. The Morgan fingerprint density at radius 2 is 1.74 bits per heavy atom. The van der Waals surface area contributed by atoms with Crippen molar-refractivity contribution in [3.05, 3.63) is 82.4 Å². The van der Waals surface area contributed by atoms with Gasteiger partial charge in [0, 0.05) is 25.2 Å². The molecule has 1 amide bonds. The lowest BCUT2D eigenvalue weighted by atomic mass is 9.92. The molecule has 0 aliphatic carbocycles. The number of nitrogens with zero attached hydrogens (tertiary/aromatic N) is 2. The average molecular weight is 469 g/mol. The molecule has 5 rings (SSSR count). The lowest BCUT2D eigenvalue weighted by molar-refractivity contribution is 0.0680. The van der Waals surface area contributed by atoms with Crippen molar-refractivity contribution in [3.63, 3.8) is 0 Å². The molecule has 0 saturated carbocycles. The molecule has 0 aromatic heterocycles. The van der Waals surface area contributed by atoms with Gasteiger partial charge in [0.05, 0.1) is 0 Å². The number of likely N-dealkylation sites (tertiary alicyclic amines) is 1. The first kappa shape index (κ1) is 24.1. The van der Waals surface area contributed by atoms with E-state index in [1.807, 2.05) is 0 Å². The van der Waals surface area contributed by atoms with Crippen LogP contribution < -0.4 is 0 Å². The molecule has 3 heteroatoms. The number of hydrogen-bond acceptors (Lipinski definition) is 2. The maximum atomic E-state index is 13.3. The summed E-state index contributed by atoms with van der Waals surface area (Å²) in [4.78, 5) is 18.2. The molecule has 2 heterocycles. The Kier molecular flexibility index (Phi) is 7.53. The number of amides is 1.